The van der Waals surface area contributed by atoms with Crippen molar-refractivity contribution in [3.8, 4) is 17.2 Å². The van der Waals surface area contributed by atoms with Gasteiger partial charge in [-0.3, -0.25) is 4.57 Å². The number of halogens is 1. The molecule has 0 saturated heterocycles. The molecule has 1 aliphatic rings. The molecule has 1 fully saturated rings. The van der Waals surface area contributed by atoms with Crippen LogP contribution in [-0.2, 0) is 15.1 Å². The maximum absolute atomic E-state index is 13.0. The molecular weight excluding hydrogens is 497 g/mol. The summed E-state index contributed by atoms with van der Waals surface area (Å²) in [7, 11) is -3.29. The van der Waals surface area contributed by atoms with Crippen LogP contribution in [0.1, 0.15) is 37.7 Å². The molecule has 8 heteroatoms. The molecule has 3 aromatic carbocycles. The van der Waals surface area contributed by atoms with E-state index < -0.39 is 7.37 Å². The molecule has 4 rings (SSSR count). The minimum absolute atomic E-state index is 0.0936. The Morgan fingerprint density at radius 1 is 0.889 bits per heavy atom. The van der Waals surface area contributed by atoms with Gasteiger partial charge in [-0.1, -0.05) is 43.2 Å². The number of phenols is 1. The Morgan fingerprint density at radius 3 is 2.19 bits per heavy atom. The maximum Gasteiger partial charge on any atom is 0.284 e. The Bertz CT molecular complexity index is 1120. The molecular formula is C28H33ClNO5P. The second-order valence-electron chi connectivity index (χ2n) is 9.28. The summed E-state index contributed by atoms with van der Waals surface area (Å²) in [6.07, 6.45) is 6.47. The Morgan fingerprint density at radius 2 is 1.53 bits per heavy atom. The van der Waals surface area contributed by atoms with Crippen LogP contribution in [0.4, 0.5) is 0 Å². The number of phenolic OH excluding ortho intramolecular Hbond substituents is 1. The predicted octanol–water partition coefficient (Wildman–Crippen LogP) is 6.42. The predicted molar refractivity (Wildman–Crippen MR) is 144 cm³/mol. The van der Waals surface area contributed by atoms with Gasteiger partial charge in [0.2, 0.25) is 0 Å². The second-order valence-corrected chi connectivity index (χ2v) is 12.0. The van der Waals surface area contributed by atoms with Crippen molar-refractivity contribution in [3.63, 3.8) is 0 Å². The molecule has 1 aliphatic carbocycles. The van der Waals surface area contributed by atoms with Crippen LogP contribution in [0.5, 0.6) is 17.2 Å². The van der Waals surface area contributed by atoms with Crippen molar-refractivity contribution in [2.45, 2.75) is 44.1 Å². The molecule has 36 heavy (non-hydrogen) atoms. The molecule has 0 amide bonds. The fraction of sp³-hybridized carbons (Fsp3) is 0.357. The van der Waals surface area contributed by atoms with Gasteiger partial charge in [0, 0.05) is 10.8 Å². The van der Waals surface area contributed by atoms with Gasteiger partial charge in [0.15, 0.2) is 6.35 Å². The molecule has 0 heterocycles. The summed E-state index contributed by atoms with van der Waals surface area (Å²) in [5, 5.41) is 13.7. The van der Waals surface area contributed by atoms with Gasteiger partial charge in [0.1, 0.15) is 17.2 Å². The van der Waals surface area contributed by atoms with E-state index in [4.69, 9.17) is 25.4 Å². The third-order valence-electron chi connectivity index (χ3n) is 6.62. The van der Waals surface area contributed by atoms with Gasteiger partial charge in [-0.2, -0.15) is 0 Å². The number of rotatable bonds is 13. The van der Waals surface area contributed by atoms with E-state index in [-0.39, 0.29) is 17.6 Å². The van der Waals surface area contributed by atoms with Crippen molar-refractivity contribution in [1.29, 1.82) is 0 Å². The topological polar surface area (TPSA) is 77.0 Å². The van der Waals surface area contributed by atoms with E-state index in [9.17, 15) is 9.67 Å². The van der Waals surface area contributed by atoms with E-state index in [1.54, 1.807) is 48.5 Å². The maximum atomic E-state index is 13.0. The van der Waals surface area contributed by atoms with E-state index in [1.165, 1.54) is 18.4 Å². The summed E-state index contributed by atoms with van der Waals surface area (Å²) in [4.78, 5) is 0. The van der Waals surface area contributed by atoms with Crippen molar-refractivity contribution >= 4 is 24.5 Å². The fourth-order valence-corrected chi connectivity index (χ4v) is 6.24. The SMILES string of the molecule is O=P(COc1ccc(CC2(NCCCOc3ccc(O)cc3)CCCC2)cc1)(OCl)c1ccccc1. The van der Waals surface area contributed by atoms with E-state index in [2.05, 4.69) is 17.4 Å². The number of nitrogens with one attached hydrogen (secondary N) is 1. The average molecular weight is 530 g/mol. The van der Waals surface area contributed by atoms with Crippen LogP contribution in [0.25, 0.3) is 0 Å². The summed E-state index contributed by atoms with van der Waals surface area (Å²) in [5.74, 6) is 1.63. The summed E-state index contributed by atoms with van der Waals surface area (Å²) in [6, 6.07) is 23.7. The van der Waals surface area contributed by atoms with Gasteiger partial charge in [-0.25, -0.2) is 4.08 Å². The zero-order valence-electron chi connectivity index (χ0n) is 20.3. The highest BCUT2D eigenvalue weighted by atomic mass is 35.5. The summed E-state index contributed by atoms with van der Waals surface area (Å²) in [5.41, 5.74) is 1.33. The second kappa shape index (κ2) is 12.6. The number of ether oxygens (including phenoxy) is 2. The molecule has 0 aromatic heterocycles. The lowest BCUT2D eigenvalue weighted by Gasteiger charge is -2.31. The molecule has 192 valence electrons. The molecule has 6 nitrogen and oxygen atoms in total. The van der Waals surface area contributed by atoms with Crippen LogP contribution in [0.2, 0.25) is 0 Å². The Labute approximate surface area is 218 Å². The third-order valence-corrected chi connectivity index (χ3v) is 9.06. The van der Waals surface area contributed by atoms with E-state index in [0.29, 0.717) is 17.7 Å². The first-order valence-corrected chi connectivity index (χ1v) is 14.5. The minimum atomic E-state index is -3.29. The first kappa shape index (κ1) is 26.6. The molecule has 0 radical (unpaired) electrons. The lowest BCUT2D eigenvalue weighted by molar-refractivity contribution is 0.280. The lowest BCUT2D eigenvalue weighted by Crippen LogP contribution is -2.45. The molecule has 1 unspecified atom stereocenters. The van der Waals surface area contributed by atoms with E-state index in [0.717, 1.165) is 38.0 Å². The minimum Gasteiger partial charge on any atom is -0.508 e. The van der Waals surface area contributed by atoms with Crippen molar-refractivity contribution in [2.24, 2.45) is 0 Å². The molecule has 0 aliphatic heterocycles. The van der Waals surface area contributed by atoms with Gasteiger partial charge in [0.25, 0.3) is 7.37 Å². The molecule has 0 spiro atoms. The quantitative estimate of drug-likeness (QED) is 0.197. The van der Waals surface area contributed by atoms with Gasteiger partial charge in [-0.15, -0.1) is 0 Å². The average Bonchev–Trinajstić information content (AvgIpc) is 3.38. The lowest BCUT2D eigenvalue weighted by atomic mass is 9.89. The van der Waals surface area contributed by atoms with Crippen molar-refractivity contribution in [3.05, 3.63) is 84.4 Å². The molecule has 1 atom stereocenters. The molecule has 1 saturated carbocycles. The van der Waals surface area contributed by atoms with E-state index >= 15 is 0 Å². The zero-order chi connectivity index (χ0) is 25.3. The highest BCUT2D eigenvalue weighted by Gasteiger charge is 2.33. The molecule has 0 bridgehead atoms. The van der Waals surface area contributed by atoms with Crippen molar-refractivity contribution < 1.29 is 23.2 Å². The van der Waals surface area contributed by atoms with E-state index in [1.807, 2.05) is 18.2 Å². The fourth-order valence-electron chi connectivity index (χ4n) is 4.67. The number of hydrogen-bond acceptors (Lipinski definition) is 6. The largest absolute Gasteiger partial charge is 0.508 e. The highest BCUT2D eigenvalue weighted by Crippen LogP contribution is 2.47. The highest BCUT2D eigenvalue weighted by molar-refractivity contribution is 7.67. The monoisotopic (exact) mass is 529 g/mol. The van der Waals surface area contributed by atoms with Crippen molar-refractivity contribution in [1.82, 2.24) is 5.32 Å². The number of hydrogen-bond donors (Lipinski definition) is 2. The smallest absolute Gasteiger partial charge is 0.284 e. The first-order valence-electron chi connectivity index (χ1n) is 12.3. The standard InChI is InChI=1S/C28H33ClNO5P/c29-35-36(32,27-7-2-1-3-8-27)22-34-26-13-9-23(10-14-26)21-28(17-4-5-18-28)30-19-6-20-33-25-15-11-24(31)12-16-25/h1-3,7-16,30-31H,4-6,17-22H2. The molecule has 3 aromatic rings. The van der Waals surface area contributed by atoms with Crippen molar-refractivity contribution in [2.75, 3.05) is 19.5 Å². The summed E-state index contributed by atoms with van der Waals surface area (Å²) < 4.78 is 29.4. The summed E-state index contributed by atoms with van der Waals surface area (Å²) >= 11 is 5.58. The molecule has 2 N–H and O–H groups in total. The zero-order valence-corrected chi connectivity index (χ0v) is 21.9. The Kier molecular flexibility index (Phi) is 9.33. The van der Waals surface area contributed by atoms with Gasteiger partial charge in [-0.05, 0) is 86.3 Å². The van der Waals surface area contributed by atoms with Crippen LogP contribution in [0, 0.1) is 0 Å². The number of aromatic hydroxyl groups is 1. The normalized spacial score (nSPS) is 16.4. The number of benzene rings is 3. The van der Waals surface area contributed by atoms with Crippen LogP contribution in [0.3, 0.4) is 0 Å². The third kappa shape index (κ3) is 7.27. The van der Waals surface area contributed by atoms with Gasteiger partial charge in [0.05, 0.1) is 18.5 Å². The first-order chi connectivity index (χ1) is 17.5. The van der Waals surface area contributed by atoms with Crippen LogP contribution in [-0.4, -0.2) is 30.1 Å². The Balaban J connectivity index is 1.27. The van der Waals surface area contributed by atoms with Gasteiger partial charge >= 0.3 is 0 Å². The summed E-state index contributed by atoms with van der Waals surface area (Å²) in [6.45, 7) is 1.51. The van der Waals surface area contributed by atoms with Crippen LogP contribution >= 0.6 is 19.2 Å². The van der Waals surface area contributed by atoms with Crippen LogP contribution < -0.4 is 20.1 Å². The van der Waals surface area contributed by atoms with Crippen LogP contribution in [0.15, 0.2) is 78.9 Å². The Hall–Kier alpha value is -2.50. The van der Waals surface area contributed by atoms with Gasteiger partial charge < -0.3 is 19.9 Å².